The van der Waals surface area contributed by atoms with Crippen LogP contribution in [0, 0.1) is 0 Å². The van der Waals surface area contributed by atoms with Gasteiger partial charge < -0.3 is 10.6 Å². The van der Waals surface area contributed by atoms with E-state index in [4.69, 9.17) is 5.73 Å². The Kier molecular flexibility index (Phi) is 4.75. The number of rotatable bonds is 5. The average Bonchev–Trinajstić information content (AvgIpc) is 2.24. The second kappa shape index (κ2) is 5.85. The van der Waals surface area contributed by atoms with E-state index in [0.717, 1.165) is 11.4 Å². The van der Waals surface area contributed by atoms with E-state index in [1.54, 1.807) is 6.20 Å². The molecule has 0 bridgehead atoms. The molecule has 0 spiro atoms. The van der Waals surface area contributed by atoms with Gasteiger partial charge in [0.1, 0.15) is 0 Å². The SMILES string of the molecule is CSCCC(C)N(C)c1cncc(N)c1. The fraction of sp³-hybridized carbons (Fsp3) is 0.545. The van der Waals surface area contributed by atoms with Crippen molar-refractivity contribution in [1.29, 1.82) is 0 Å². The lowest BCUT2D eigenvalue weighted by Gasteiger charge is -2.26. The fourth-order valence-corrected chi connectivity index (χ4v) is 1.95. The molecule has 2 N–H and O–H groups in total. The molecule has 0 saturated heterocycles. The van der Waals surface area contributed by atoms with Crippen molar-refractivity contribution in [2.45, 2.75) is 19.4 Å². The monoisotopic (exact) mass is 225 g/mol. The van der Waals surface area contributed by atoms with Gasteiger partial charge in [0.15, 0.2) is 0 Å². The van der Waals surface area contributed by atoms with Crippen LogP contribution in [0.15, 0.2) is 18.5 Å². The van der Waals surface area contributed by atoms with Crippen molar-refractivity contribution in [2.75, 3.05) is 29.7 Å². The molecule has 1 unspecified atom stereocenters. The summed E-state index contributed by atoms with van der Waals surface area (Å²) in [5.74, 6) is 1.18. The van der Waals surface area contributed by atoms with Crippen LogP contribution in [0.4, 0.5) is 11.4 Å². The van der Waals surface area contributed by atoms with Crippen molar-refractivity contribution in [3.63, 3.8) is 0 Å². The van der Waals surface area contributed by atoms with Crippen molar-refractivity contribution in [3.8, 4) is 0 Å². The first-order valence-corrected chi connectivity index (χ1v) is 6.47. The molecule has 4 heteroatoms. The van der Waals surface area contributed by atoms with E-state index < -0.39 is 0 Å². The minimum Gasteiger partial charge on any atom is -0.397 e. The number of hydrogen-bond acceptors (Lipinski definition) is 4. The molecule has 1 rings (SSSR count). The lowest BCUT2D eigenvalue weighted by Crippen LogP contribution is -2.29. The third-order valence-electron chi connectivity index (χ3n) is 2.55. The standard InChI is InChI=1S/C11H19N3S/c1-9(4-5-15-3)14(2)11-6-10(12)7-13-8-11/h6-9H,4-5,12H2,1-3H3. The molecule has 0 aliphatic heterocycles. The van der Waals surface area contributed by atoms with E-state index in [0.29, 0.717) is 6.04 Å². The Labute approximate surface area is 96.1 Å². The molecule has 1 heterocycles. The van der Waals surface area contributed by atoms with Crippen molar-refractivity contribution >= 4 is 23.1 Å². The lowest BCUT2D eigenvalue weighted by molar-refractivity contribution is 0.668. The van der Waals surface area contributed by atoms with Crippen LogP contribution in [0.1, 0.15) is 13.3 Å². The molecular weight excluding hydrogens is 206 g/mol. The van der Waals surface area contributed by atoms with Crippen LogP contribution in [-0.4, -0.2) is 30.1 Å². The minimum atomic E-state index is 0.515. The van der Waals surface area contributed by atoms with Gasteiger partial charge in [-0.15, -0.1) is 0 Å². The van der Waals surface area contributed by atoms with Gasteiger partial charge in [0.25, 0.3) is 0 Å². The van der Waals surface area contributed by atoms with Crippen LogP contribution in [0.2, 0.25) is 0 Å². The van der Waals surface area contributed by atoms with Gasteiger partial charge >= 0.3 is 0 Å². The summed E-state index contributed by atoms with van der Waals surface area (Å²) >= 11 is 1.88. The van der Waals surface area contributed by atoms with Gasteiger partial charge in [-0.2, -0.15) is 11.8 Å². The number of aromatic nitrogens is 1. The lowest BCUT2D eigenvalue weighted by atomic mass is 10.2. The highest BCUT2D eigenvalue weighted by Crippen LogP contribution is 2.18. The maximum absolute atomic E-state index is 5.70. The molecule has 0 fully saturated rings. The van der Waals surface area contributed by atoms with Gasteiger partial charge in [-0.05, 0) is 31.4 Å². The predicted octanol–water partition coefficient (Wildman–Crippen LogP) is 2.24. The summed E-state index contributed by atoms with van der Waals surface area (Å²) in [6, 6.07) is 2.48. The van der Waals surface area contributed by atoms with Crippen LogP contribution < -0.4 is 10.6 Å². The number of hydrogen-bond donors (Lipinski definition) is 1. The van der Waals surface area contributed by atoms with Crippen molar-refractivity contribution in [1.82, 2.24) is 4.98 Å². The number of pyridine rings is 1. The summed E-state index contributed by atoms with van der Waals surface area (Å²) in [5, 5.41) is 0. The molecule has 15 heavy (non-hydrogen) atoms. The predicted molar refractivity (Wildman–Crippen MR) is 69.5 cm³/mol. The Bertz CT molecular complexity index is 304. The third-order valence-corrected chi connectivity index (χ3v) is 3.20. The number of thioether (sulfide) groups is 1. The average molecular weight is 225 g/mol. The zero-order valence-corrected chi connectivity index (χ0v) is 10.4. The number of nitrogens with two attached hydrogens (primary N) is 1. The Morgan fingerprint density at radius 1 is 1.53 bits per heavy atom. The summed E-state index contributed by atoms with van der Waals surface area (Å²) in [5.41, 5.74) is 7.51. The molecular formula is C11H19N3S. The largest absolute Gasteiger partial charge is 0.397 e. The molecule has 0 aliphatic carbocycles. The summed E-state index contributed by atoms with van der Waals surface area (Å²) in [6.45, 7) is 2.22. The first-order valence-electron chi connectivity index (χ1n) is 5.07. The Balaban J connectivity index is 2.62. The quantitative estimate of drug-likeness (QED) is 0.834. The van der Waals surface area contributed by atoms with Crippen molar-refractivity contribution < 1.29 is 0 Å². The van der Waals surface area contributed by atoms with Gasteiger partial charge in [0.05, 0.1) is 17.6 Å². The summed E-state index contributed by atoms with van der Waals surface area (Å²) < 4.78 is 0. The molecule has 0 aliphatic rings. The zero-order valence-electron chi connectivity index (χ0n) is 9.60. The van der Waals surface area contributed by atoms with Crippen LogP contribution in [0.25, 0.3) is 0 Å². The maximum atomic E-state index is 5.70. The van der Waals surface area contributed by atoms with Crippen molar-refractivity contribution in [3.05, 3.63) is 18.5 Å². The van der Waals surface area contributed by atoms with Crippen LogP contribution >= 0.6 is 11.8 Å². The minimum absolute atomic E-state index is 0.515. The molecule has 0 aromatic carbocycles. The van der Waals surface area contributed by atoms with Crippen LogP contribution in [0.3, 0.4) is 0 Å². The Hall–Kier alpha value is -0.900. The Morgan fingerprint density at radius 2 is 2.27 bits per heavy atom. The molecule has 1 aromatic heterocycles. The zero-order chi connectivity index (χ0) is 11.3. The van der Waals surface area contributed by atoms with E-state index in [1.165, 1.54) is 12.2 Å². The highest BCUT2D eigenvalue weighted by Gasteiger charge is 2.09. The van der Waals surface area contributed by atoms with E-state index in [2.05, 4.69) is 30.1 Å². The highest BCUT2D eigenvalue weighted by atomic mass is 32.2. The fourth-order valence-electron chi connectivity index (χ4n) is 1.37. The number of nitrogens with zero attached hydrogens (tertiary/aromatic N) is 2. The molecule has 3 nitrogen and oxygen atoms in total. The molecule has 1 aromatic rings. The number of nitrogen functional groups attached to an aromatic ring is 1. The smallest absolute Gasteiger partial charge is 0.0573 e. The first kappa shape index (κ1) is 12.2. The molecule has 1 atom stereocenters. The van der Waals surface area contributed by atoms with Gasteiger partial charge in [-0.1, -0.05) is 0 Å². The Morgan fingerprint density at radius 3 is 2.87 bits per heavy atom. The van der Waals surface area contributed by atoms with Gasteiger partial charge in [-0.25, -0.2) is 0 Å². The topological polar surface area (TPSA) is 42.2 Å². The summed E-state index contributed by atoms with van der Waals surface area (Å²) in [7, 11) is 2.08. The highest BCUT2D eigenvalue weighted by molar-refractivity contribution is 7.98. The second-order valence-electron chi connectivity index (χ2n) is 3.72. The second-order valence-corrected chi connectivity index (χ2v) is 4.70. The van der Waals surface area contributed by atoms with Crippen LogP contribution in [-0.2, 0) is 0 Å². The third kappa shape index (κ3) is 3.63. The molecule has 0 saturated carbocycles. The van der Waals surface area contributed by atoms with Crippen molar-refractivity contribution in [2.24, 2.45) is 0 Å². The van der Waals surface area contributed by atoms with E-state index >= 15 is 0 Å². The van der Waals surface area contributed by atoms with Gasteiger partial charge in [0.2, 0.25) is 0 Å². The summed E-state index contributed by atoms with van der Waals surface area (Å²) in [6.07, 6.45) is 6.83. The normalized spacial score (nSPS) is 12.5. The number of anilines is 2. The van der Waals surface area contributed by atoms with Gasteiger partial charge in [-0.3, -0.25) is 4.98 Å². The summed E-state index contributed by atoms with van der Waals surface area (Å²) in [4.78, 5) is 6.32. The van der Waals surface area contributed by atoms with E-state index in [-0.39, 0.29) is 0 Å². The van der Waals surface area contributed by atoms with E-state index in [9.17, 15) is 0 Å². The van der Waals surface area contributed by atoms with Crippen LogP contribution in [0.5, 0.6) is 0 Å². The van der Waals surface area contributed by atoms with E-state index in [1.807, 2.05) is 24.0 Å². The first-order chi connectivity index (χ1) is 7.15. The molecule has 0 radical (unpaired) electrons. The molecule has 84 valence electrons. The molecule has 0 amide bonds. The maximum Gasteiger partial charge on any atom is 0.0573 e. The van der Waals surface area contributed by atoms with Gasteiger partial charge in [0, 0.05) is 19.3 Å².